The summed E-state index contributed by atoms with van der Waals surface area (Å²) in [6.07, 6.45) is 4.35. The van der Waals surface area contributed by atoms with Gasteiger partial charge >= 0.3 is 0 Å². The van der Waals surface area contributed by atoms with Crippen LogP contribution < -0.4 is 15.4 Å². The fraction of sp³-hybridized carbons (Fsp3) is 0.348. The van der Waals surface area contributed by atoms with Crippen LogP contribution in [0, 0.1) is 18.3 Å². The molecule has 0 spiro atoms. The molecule has 0 bridgehead atoms. The normalized spacial score (nSPS) is 14.2. The Morgan fingerprint density at radius 3 is 2.62 bits per heavy atom. The van der Waals surface area contributed by atoms with Crippen LogP contribution >= 0.6 is 0 Å². The van der Waals surface area contributed by atoms with Crippen LogP contribution in [0.25, 0.3) is 11.4 Å². The van der Waals surface area contributed by atoms with Crippen LogP contribution in [0.3, 0.4) is 0 Å². The summed E-state index contributed by atoms with van der Waals surface area (Å²) in [4.78, 5) is 19.8. The van der Waals surface area contributed by atoms with Gasteiger partial charge in [-0.25, -0.2) is 19.3 Å². The van der Waals surface area contributed by atoms with E-state index in [2.05, 4.69) is 26.0 Å². The van der Waals surface area contributed by atoms with E-state index in [1.807, 2.05) is 4.90 Å². The number of nitrogens with zero attached hydrogens (tertiary/aromatic N) is 6. The van der Waals surface area contributed by atoms with Crippen molar-refractivity contribution < 1.29 is 9.13 Å². The number of hydrogen-bond donors (Lipinski definition) is 1. The highest BCUT2D eigenvalue weighted by atomic mass is 19.1. The van der Waals surface area contributed by atoms with E-state index in [0.717, 1.165) is 5.56 Å². The summed E-state index contributed by atoms with van der Waals surface area (Å²) in [6.45, 7) is 3.49. The van der Waals surface area contributed by atoms with Crippen molar-refractivity contribution in [3.63, 3.8) is 0 Å². The molecule has 164 valence electrons. The Bertz CT molecular complexity index is 1120. The summed E-state index contributed by atoms with van der Waals surface area (Å²) in [7, 11) is 0. The molecule has 0 saturated carbocycles. The zero-order chi connectivity index (χ0) is 22.5. The van der Waals surface area contributed by atoms with Crippen molar-refractivity contribution in [3.05, 3.63) is 53.6 Å². The number of rotatable bonds is 6. The maximum Gasteiger partial charge on any atom is 0.224 e. The highest BCUT2D eigenvalue weighted by Gasteiger charge is 2.21. The van der Waals surface area contributed by atoms with Gasteiger partial charge in [-0.05, 0) is 56.5 Å². The second-order valence-electron chi connectivity index (χ2n) is 7.65. The van der Waals surface area contributed by atoms with Crippen LogP contribution in [-0.2, 0) is 6.42 Å². The fourth-order valence-electron chi connectivity index (χ4n) is 3.58. The predicted molar refractivity (Wildman–Crippen MR) is 118 cm³/mol. The van der Waals surface area contributed by atoms with Crippen molar-refractivity contribution in [1.82, 2.24) is 19.9 Å². The minimum atomic E-state index is -0.766. The number of aromatic nitrogens is 4. The maximum absolute atomic E-state index is 13.5. The number of aryl methyl sites for hydroxylation is 1. The van der Waals surface area contributed by atoms with Crippen molar-refractivity contribution in [2.45, 2.75) is 32.4 Å². The molecule has 3 heterocycles. The SMILES string of the molecule is Cc1nc(Oc2cc(C#N)ccc2-c2ncc(CCN)cn2)cc(N2CCC(F)CC2)n1. The Kier molecular flexibility index (Phi) is 6.52. The molecule has 1 fully saturated rings. The molecule has 1 aliphatic rings. The van der Waals surface area contributed by atoms with Crippen molar-refractivity contribution in [2.24, 2.45) is 5.73 Å². The molecule has 32 heavy (non-hydrogen) atoms. The third kappa shape index (κ3) is 4.98. The van der Waals surface area contributed by atoms with Gasteiger partial charge in [-0.15, -0.1) is 0 Å². The second-order valence-corrected chi connectivity index (χ2v) is 7.65. The smallest absolute Gasteiger partial charge is 0.224 e. The first-order chi connectivity index (χ1) is 15.6. The Morgan fingerprint density at radius 1 is 1.19 bits per heavy atom. The van der Waals surface area contributed by atoms with Gasteiger partial charge in [-0.1, -0.05) is 0 Å². The molecular weight excluding hydrogens is 409 g/mol. The van der Waals surface area contributed by atoms with E-state index in [1.165, 1.54) is 0 Å². The molecule has 4 rings (SSSR count). The van der Waals surface area contributed by atoms with Gasteiger partial charge in [-0.3, -0.25) is 0 Å². The summed E-state index contributed by atoms with van der Waals surface area (Å²) < 4.78 is 19.6. The Morgan fingerprint density at radius 2 is 1.94 bits per heavy atom. The first-order valence-corrected chi connectivity index (χ1v) is 10.5. The van der Waals surface area contributed by atoms with Crippen LogP contribution in [0.1, 0.15) is 29.8 Å². The molecule has 0 amide bonds. The average molecular weight is 433 g/mol. The van der Waals surface area contributed by atoms with Crippen LogP contribution in [-0.4, -0.2) is 45.7 Å². The standard InChI is InChI=1S/C23H24FN7O/c1-15-29-21(31-8-5-18(24)6-9-31)11-22(30-15)32-20-10-16(12-26)2-3-19(20)23-27-13-17(4-7-25)14-28-23/h2-3,10-11,13-14,18H,4-9,25H2,1H3. The zero-order valence-corrected chi connectivity index (χ0v) is 17.8. The van der Waals surface area contributed by atoms with E-state index >= 15 is 0 Å². The van der Waals surface area contributed by atoms with Gasteiger partial charge in [0.15, 0.2) is 5.82 Å². The molecule has 1 aliphatic heterocycles. The average Bonchev–Trinajstić information content (AvgIpc) is 2.80. The Labute approximate surface area is 185 Å². The van der Waals surface area contributed by atoms with E-state index in [9.17, 15) is 9.65 Å². The van der Waals surface area contributed by atoms with Crippen LogP contribution in [0.4, 0.5) is 10.2 Å². The Balaban J connectivity index is 1.66. The zero-order valence-electron chi connectivity index (χ0n) is 17.8. The van der Waals surface area contributed by atoms with Crippen LogP contribution in [0.5, 0.6) is 11.6 Å². The lowest BCUT2D eigenvalue weighted by Crippen LogP contribution is -2.35. The third-order valence-electron chi connectivity index (χ3n) is 5.25. The summed E-state index contributed by atoms with van der Waals surface area (Å²) in [5, 5.41) is 9.35. The number of hydrogen-bond acceptors (Lipinski definition) is 8. The molecule has 8 nitrogen and oxygen atoms in total. The number of piperidine rings is 1. The minimum absolute atomic E-state index is 0.339. The van der Waals surface area contributed by atoms with Gasteiger partial charge in [0.05, 0.1) is 17.2 Å². The molecule has 1 aromatic carbocycles. The molecule has 0 radical (unpaired) electrons. The summed E-state index contributed by atoms with van der Waals surface area (Å²) in [5.74, 6) is 2.47. The minimum Gasteiger partial charge on any atom is -0.438 e. The molecular formula is C23H24FN7O. The molecule has 9 heteroatoms. The maximum atomic E-state index is 13.5. The van der Waals surface area contributed by atoms with E-state index in [0.29, 0.717) is 79.1 Å². The quantitative estimate of drug-likeness (QED) is 0.630. The number of alkyl halides is 1. The molecule has 0 unspecified atom stereocenters. The first kappa shape index (κ1) is 21.6. The highest BCUT2D eigenvalue weighted by Crippen LogP contribution is 2.33. The van der Waals surface area contributed by atoms with E-state index in [-0.39, 0.29) is 0 Å². The molecule has 0 aliphatic carbocycles. The first-order valence-electron chi connectivity index (χ1n) is 10.5. The third-order valence-corrected chi connectivity index (χ3v) is 5.25. The number of anilines is 1. The number of nitriles is 1. The van der Waals surface area contributed by atoms with Crippen molar-refractivity contribution in [2.75, 3.05) is 24.5 Å². The largest absolute Gasteiger partial charge is 0.438 e. The Hall–Kier alpha value is -3.64. The number of halogens is 1. The number of benzene rings is 1. The molecule has 0 atom stereocenters. The van der Waals surface area contributed by atoms with Crippen LogP contribution in [0.15, 0.2) is 36.7 Å². The van der Waals surface area contributed by atoms with Gasteiger partial charge < -0.3 is 15.4 Å². The number of ether oxygens (including phenoxy) is 1. The van der Waals surface area contributed by atoms with Crippen LogP contribution in [0.2, 0.25) is 0 Å². The summed E-state index contributed by atoms with van der Waals surface area (Å²) in [6, 6.07) is 8.95. The summed E-state index contributed by atoms with van der Waals surface area (Å²) in [5.41, 5.74) is 7.62. The monoisotopic (exact) mass is 433 g/mol. The van der Waals surface area contributed by atoms with Crippen molar-refractivity contribution in [3.8, 4) is 29.1 Å². The predicted octanol–water partition coefficient (Wildman–Crippen LogP) is 3.35. The van der Waals surface area contributed by atoms with Gasteiger partial charge in [0.1, 0.15) is 23.6 Å². The summed E-state index contributed by atoms with van der Waals surface area (Å²) >= 11 is 0. The van der Waals surface area contributed by atoms with Gasteiger partial charge in [0, 0.05) is 31.5 Å². The highest BCUT2D eigenvalue weighted by molar-refractivity contribution is 5.66. The molecule has 1 saturated heterocycles. The van der Waals surface area contributed by atoms with Crippen molar-refractivity contribution >= 4 is 5.82 Å². The van der Waals surface area contributed by atoms with Gasteiger partial charge in [-0.2, -0.15) is 10.2 Å². The fourth-order valence-corrected chi connectivity index (χ4v) is 3.58. The topological polar surface area (TPSA) is 114 Å². The van der Waals surface area contributed by atoms with Crippen molar-refractivity contribution in [1.29, 1.82) is 5.26 Å². The van der Waals surface area contributed by atoms with E-state index in [1.54, 1.807) is 43.6 Å². The van der Waals surface area contributed by atoms with Gasteiger partial charge in [0.2, 0.25) is 5.88 Å². The lowest BCUT2D eigenvalue weighted by Gasteiger charge is -2.29. The van der Waals surface area contributed by atoms with E-state index < -0.39 is 6.17 Å². The number of nitrogens with two attached hydrogens (primary N) is 1. The van der Waals surface area contributed by atoms with Gasteiger partial charge in [0.25, 0.3) is 0 Å². The molecule has 2 aromatic heterocycles. The second kappa shape index (κ2) is 9.66. The van der Waals surface area contributed by atoms with E-state index in [4.69, 9.17) is 10.5 Å². The molecule has 2 N–H and O–H groups in total. The lowest BCUT2D eigenvalue weighted by atomic mass is 10.1. The lowest BCUT2D eigenvalue weighted by molar-refractivity contribution is 0.276. The molecule has 3 aromatic rings.